The Morgan fingerprint density at radius 3 is 1.93 bits per heavy atom. The van der Waals surface area contributed by atoms with Crippen LogP contribution in [0, 0.1) is 0 Å². The van der Waals surface area contributed by atoms with Gasteiger partial charge in [0.25, 0.3) is 0 Å². The maximum absolute atomic E-state index is 11.8. The average molecular weight is 369 g/mol. The van der Waals surface area contributed by atoms with Gasteiger partial charge in [-0.2, -0.15) is 0 Å². The van der Waals surface area contributed by atoms with Crippen LogP contribution in [0.25, 0.3) is 10.9 Å². The molecule has 4 rings (SSSR count). The molecule has 28 heavy (non-hydrogen) atoms. The molecule has 0 aliphatic heterocycles. The molecule has 3 heteroatoms. The Morgan fingerprint density at radius 2 is 1.32 bits per heavy atom. The molecule has 1 heterocycles. The summed E-state index contributed by atoms with van der Waals surface area (Å²) in [5, 5.41) is 1.15. The van der Waals surface area contributed by atoms with Gasteiger partial charge in [0.15, 0.2) is 5.78 Å². The summed E-state index contributed by atoms with van der Waals surface area (Å²) in [4.78, 5) is 16.2. The van der Waals surface area contributed by atoms with Crippen molar-refractivity contribution in [3.63, 3.8) is 0 Å². The second-order valence-electron chi connectivity index (χ2n) is 6.25. The van der Waals surface area contributed by atoms with Crippen molar-refractivity contribution in [1.29, 1.82) is 0 Å². The predicted molar refractivity (Wildman–Crippen MR) is 114 cm³/mol. The van der Waals surface area contributed by atoms with E-state index in [0.29, 0.717) is 5.88 Å². The van der Waals surface area contributed by atoms with E-state index in [9.17, 15) is 4.79 Å². The van der Waals surface area contributed by atoms with E-state index in [4.69, 9.17) is 4.74 Å². The van der Waals surface area contributed by atoms with E-state index in [-0.39, 0.29) is 5.78 Å². The molecular weight excluding hydrogens is 346 g/mol. The number of aromatic nitrogens is 1. The van der Waals surface area contributed by atoms with Crippen LogP contribution in [0.1, 0.15) is 29.3 Å². The van der Waals surface area contributed by atoms with Crippen molar-refractivity contribution in [2.75, 3.05) is 6.61 Å². The van der Waals surface area contributed by atoms with Crippen molar-refractivity contribution in [2.45, 2.75) is 13.3 Å². The topological polar surface area (TPSA) is 39.2 Å². The standard InChI is InChI=1S/C13H10O.C12H13NO/c14-13(11-7-3-1-4-8-11)12-9-5-2-6-10-12;1-2-9-14-12-8-7-10-5-3-4-6-11(10)13-12/h1-10H;3-8H,2,9H2,1H3. The smallest absolute Gasteiger partial charge is 0.213 e. The van der Waals surface area contributed by atoms with Gasteiger partial charge >= 0.3 is 0 Å². The van der Waals surface area contributed by atoms with E-state index < -0.39 is 0 Å². The number of ether oxygens (including phenoxy) is 1. The zero-order valence-electron chi connectivity index (χ0n) is 15.9. The van der Waals surface area contributed by atoms with Gasteiger partial charge in [-0.25, -0.2) is 4.98 Å². The predicted octanol–water partition coefficient (Wildman–Crippen LogP) is 5.94. The molecule has 4 aromatic rings. The zero-order valence-corrected chi connectivity index (χ0v) is 15.9. The second-order valence-corrected chi connectivity index (χ2v) is 6.25. The SMILES string of the molecule is CCCOc1ccc2ccccc2n1.O=C(c1ccccc1)c1ccccc1. The summed E-state index contributed by atoms with van der Waals surface area (Å²) in [7, 11) is 0. The monoisotopic (exact) mass is 369 g/mol. The van der Waals surface area contributed by atoms with Crippen LogP contribution in [0.3, 0.4) is 0 Å². The fourth-order valence-corrected chi connectivity index (χ4v) is 2.68. The highest BCUT2D eigenvalue weighted by Gasteiger charge is 2.06. The molecule has 0 aliphatic carbocycles. The molecule has 3 nitrogen and oxygen atoms in total. The maximum Gasteiger partial charge on any atom is 0.213 e. The van der Waals surface area contributed by atoms with E-state index in [2.05, 4.69) is 11.9 Å². The molecule has 0 aliphatic rings. The molecular formula is C25H23NO2. The first-order chi connectivity index (χ1) is 13.8. The number of hydrogen-bond donors (Lipinski definition) is 0. The Labute approximate surface area is 165 Å². The minimum Gasteiger partial charge on any atom is -0.478 e. The number of hydrogen-bond acceptors (Lipinski definition) is 3. The summed E-state index contributed by atoms with van der Waals surface area (Å²) in [6.07, 6.45) is 1.01. The summed E-state index contributed by atoms with van der Waals surface area (Å²) >= 11 is 0. The molecule has 0 N–H and O–H groups in total. The molecule has 0 radical (unpaired) electrons. The fourth-order valence-electron chi connectivity index (χ4n) is 2.68. The molecule has 0 bridgehead atoms. The van der Waals surface area contributed by atoms with Crippen molar-refractivity contribution in [1.82, 2.24) is 4.98 Å². The van der Waals surface area contributed by atoms with E-state index >= 15 is 0 Å². The van der Waals surface area contributed by atoms with Gasteiger partial charge < -0.3 is 4.74 Å². The van der Waals surface area contributed by atoms with Crippen LogP contribution >= 0.6 is 0 Å². The summed E-state index contributed by atoms with van der Waals surface area (Å²) < 4.78 is 5.45. The Kier molecular flexibility index (Phi) is 6.91. The largest absolute Gasteiger partial charge is 0.478 e. The van der Waals surface area contributed by atoms with E-state index in [0.717, 1.165) is 35.1 Å². The van der Waals surface area contributed by atoms with Gasteiger partial charge in [-0.3, -0.25) is 4.79 Å². The molecule has 0 saturated heterocycles. The Hall–Kier alpha value is -3.46. The maximum atomic E-state index is 11.8. The van der Waals surface area contributed by atoms with Crippen LogP contribution in [0.2, 0.25) is 0 Å². The second kappa shape index (κ2) is 10.0. The molecule has 0 atom stereocenters. The quantitative estimate of drug-likeness (QED) is 0.409. The third-order valence-corrected chi connectivity index (χ3v) is 4.10. The van der Waals surface area contributed by atoms with Gasteiger partial charge in [0.2, 0.25) is 5.88 Å². The summed E-state index contributed by atoms with van der Waals surface area (Å²) in [5.41, 5.74) is 2.46. The lowest BCUT2D eigenvalue weighted by Crippen LogP contribution is -1.99. The number of carbonyl (C=O) groups excluding carboxylic acids is 1. The third-order valence-electron chi connectivity index (χ3n) is 4.10. The van der Waals surface area contributed by atoms with Gasteiger partial charge in [-0.05, 0) is 18.6 Å². The van der Waals surface area contributed by atoms with Crippen LogP contribution in [-0.4, -0.2) is 17.4 Å². The molecule has 1 aromatic heterocycles. The molecule has 3 aromatic carbocycles. The van der Waals surface area contributed by atoms with E-state index in [1.165, 1.54) is 0 Å². The number of ketones is 1. The van der Waals surface area contributed by atoms with Crippen LogP contribution in [0.4, 0.5) is 0 Å². The molecule has 0 saturated carbocycles. The summed E-state index contributed by atoms with van der Waals surface area (Å²) in [6, 6.07) is 30.6. The normalized spacial score (nSPS) is 10.0. The van der Waals surface area contributed by atoms with Crippen LogP contribution < -0.4 is 4.74 Å². The summed E-state index contributed by atoms with van der Waals surface area (Å²) in [5.74, 6) is 0.789. The molecule has 0 amide bonds. The van der Waals surface area contributed by atoms with Crippen molar-refractivity contribution >= 4 is 16.7 Å². The number of fused-ring (bicyclic) bond motifs is 1. The number of rotatable bonds is 5. The fraction of sp³-hybridized carbons (Fsp3) is 0.120. The molecule has 0 fully saturated rings. The molecule has 0 spiro atoms. The zero-order chi connectivity index (χ0) is 19.6. The van der Waals surface area contributed by atoms with Crippen molar-refractivity contribution < 1.29 is 9.53 Å². The number of carbonyl (C=O) groups is 1. The number of pyridine rings is 1. The van der Waals surface area contributed by atoms with E-state index in [1.54, 1.807) is 0 Å². The Bertz CT molecular complexity index is 973. The van der Waals surface area contributed by atoms with Gasteiger partial charge in [-0.15, -0.1) is 0 Å². The highest BCUT2D eigenvalue weighted by molar-refractivity contribution is 6.08. The number of nitrogens with zero attached hydrogens (tertiary/aromatic N) is 1. The lowest BCUT2D eigenvalue weighted by atomic mass is 10.0. The lowest BCUT2D eigenvalue weighted by Gasteiger charge is -2.03. The highest BCUT2D eigenvalue weighted by atomic mass is 16.5. The number of para-hydroxylation sites is 1. The minimum absolute atomic E-state index is 0.0752. The average Bonchev–Trinajstić information content (AvgIpc) is 2.78. The molecule has 140 valence electrons. The Balaban J connectivity index is 0.000000161. The van der Waals surface area contributed by atoms with Gasteiger partial charge in [0, 0.05) is 22.6 Å². The van der Waals surface area contributed by atoms with Crippen molar-refractivity contribution in [2.24, 2.45) is 0 Å². The first kappa shape index (κ1) is 19.3. The van der Waals surface area contributed by atoms with Crippen molar-refractivity contribution in [3.8, 4) is 5.88 Å². The third kappa shape index (κ3) is 5.27. The lowest BCUT2D eigenvalue weighted by molar-refractivity contribution is 0.103. The van der Waals surface area contributed by atoms with Gasteiger partial charge in [0.05, 0.1) is 12.1 Å². The van der Waals surface area contributed by atoms with Crippen LogP contribution in [0.5, 0.6) is 5.88 Å². The van der Waals surface area contributed by atoms with Crippen LogP contribution in [-0.2, 0) is 0 Å². The van der Waals surface area contributed by atoms with Crippen LogP contribution in [0.15, 0.2) is 97.1 Å². The summed E-state index contributed by atoms with van der Waals surface area (Å²) in [6.45, 7) is 2.81. The Morgan fingerprint density at radius 1 is 0.750 bits per heavy atom. The first-order valence-electron chi connectivity index (χ1n) is 9.41. The minimum atomic E-state index is 0.0752. The van der Waals surface area contributed by atoms with E-state index in [1.807, 2.05) is 97.1 Å². The molecule has 0 unspecified atom stereocenters. The van der Waals surface area contributed by atoms with Gasteiger partial charge in [-0.1, -0.05) is 85.8 Å². The van der Waals surface area contributed by atoms with Gasteiger partial charge in [0.1, 0.15) is 0 Å². The number of benzene rings is 3. The van der Waals surface area contributed by atoms with Crippen molar-refractivity contribution in [3.05, 3.63) is 108 Å². The first-order valence-corrected chi connectivity index (χ1v) is 9.41. The highest BCUT2D eigenvalue weighted by Crippen LogP contribution is 2.16.